The highest BCUT2D eigenvalue weighted by molar-refractivity contribution is 5.30. The Hall–Kier alpha value is -1.24. The first-order chi connectivity index (χ1) is 11.3. The summed E-state index contributed by atoms with van der Waals surface area (Å²) in [6.45, 7) is 7.93. The molecule has 126 valence electrons. The van der Waals surface area contributed by atoms with Gasteiger partial charge >= 0.3 is 0 Å². The third kappa shape index (κ3) is 3.07. The highest BCUT2D eigenvalue weighted by atomic mass is 16.5. The second-order valence-electron chi connectivity index (χ2n) is 7.23. The molecule has 0 unspecified atom stereocenters. The van der Waals surface area contributed by atoms with Crippen molar-refractivity contribution in [3.8, 4) is 0 Å². The first-order valence-corrected chi connectivity index (χ1v) is 8.82. The molecule has 2 aliphatic heterocycles. The molecule has 0 bridgehead atoms. The molecule has 3 fully saturated rings. The maximum atomic E-state index is 5.72. The van der Waals surface area contributed by atoms with Crippen LogP contribution >= 0.6 is 0 Å². The lowest BCUT2D eigenvalue weighted by Crippen LogP contribution is -2.60. The van der Waals surface area contributed by atoms with Crippen LogP contribution in [0.4, 0.5) is 5.95 Å². The van der Waals surface area contributed by atoms with Crippen LogP contribution in [0.5, 0.6) is 0 Å². The van der Waals surface area contributed by atoms with E-state index in [0.29, 0.717) is 5.54 Å². The summed E-state index contributed by atoms with van der Waals surface area (Å²) in [7, 11) is 2.17. The van der Waals surface area contributed by atoms with Crippen LogP contribution in [-0.2, 0) is 11.3 Å². The SMILES string of the molecule is CN1CCN(c2ncc(CN3CCOCC34CCC4)cn2)CC1. The Bertz CT molecular complexity index is 522. The van der Waals surface area contributed by atoms with E-state index in [-0.39, 0.29) is 0 Å². The van der Waals surface area contributed by atoms with E-state index in [0.717, 1.165) is 58.4 Å². The standard InChI is InChI=1S/C17H27N5O/c1-20-5-7-21(8-6-20)16-18-11-15(12-19-16)13-22-9-10-23-14-17(22)3-2-4-17/h11-12H,2-10,13-14H2,1H3. The highest BCUT2D eigenvalue weighted by Gasteiger charge is 2.44. The fourth-order valence-electron chi connectivity index (χ4n) is 3.88. The van der Waals surface area contributed by atoms with Crippen LogP contribution < -0.4 is 4.90 Å². The minimum absolute atomic E-state index is 0.300. The van der Waals surface area contributed by atoms with E-state index in [1.165, 1.54) is 24.8 Å². The van der Waals surface area contributed by atoms with E-state index >= 15 is 0 Å². The average molecular weight is 317 g/mol. The molecule has 3 heterocycles. The summed E-state index contributed by atoms with van der Waals surface area (Å²) in [6.07, 6.45) is 7.91. The van der Waals surface area contributed by atoms with Gasteiger partial charge in [-0.15, -0.1) is 0 Å². The van der Waals surface area contributed by atoms with E-state index < -0.39 is 0 Å². The van der Waals surface area contributed by atoms with Gasteiger partial charge in [-0.2, -0.15) is 0 Å². The molecule has 0 atom stereocenters. The molecule has 0 amide bonds. The lowest BCUT2D eigenvalue weighted by Gasteiger charge is -2.52. The van der Waals surface area contributed by atoms with Gasteiger partial charge in [0.15, 0.2) is 0 Å². The van der Waals surface area contributed by atoms with Gasteiger partial charge in [0.2, 0.25) is 5.95 Å². The normalized spacial score (nSPS) is 25.5. The summed E-state index contributed by atoms with van der Waals surface area (Å²) in [4.78, 5) is 16.5. The fourth-order valence-corrected chi connectivity index (χ4v) is 3.88. The number of anilines is 1. The largest absolute Gasteiger partial charge is 0.378 e. The Labute approximate surface area is 138 Å². The molecule has 4 rings (SSSR count). The number of piperazine rings is 1. The summed E-state index contributed by atoms with van der Waals surface area (Å²) in [5, 5.41) is 0. The number of rotatable bonds is 3. The Kier molecular flexibility index (Phi) is 4.22. The number of hydrogen-bond acceptors (Lipinski definition) is 6. The van der Waals surface area contributed by atoms with Crippen LogP contribution in [0.3, 0.4) is 0 Å². The third-order valence-corrected chi connectivity index (χ3v) is 5.68. The van der Waals surface area contributed by atoms with Gasteiger partial charge in [-0.3, -0.25) is 4.90 Å². The van der Waals surface area contributed by atoms with Crippen molar-refractivity contribution in [3.63, 3.8) is 0 Å². The van der Waals surface area contributed by atoms with Crippen molar-refractivity contribution in [2.75, 3.05) is 57.9 Å². The quantitative estimate of drug-likeness (QED) is 0.828. The number of ether oxygens (including phenoxy) is 1. The molecule has 6 nitrogen and oxygen atoms in total. The molecule has 0 radical (unpaired) electrons. The Morgan fingerprint density at radius 3 is 2.48 bits per heavy atom. The summed E-state index contributed by atoms with van der Waals surface area (Å²) in [5.74, 6) is 0.877. The maximum Gasteiger partial charge on any atom is 0.225 e. The van der Waals surface area contributed by atoms with Crippen molar-refractivity contribution in [3.05, 3.63) is 18.0 Å². The third-order valence-electron chi connectivity index (χ3n) is 5.68. The minimum Gasteiger partial charge on any atom is -0.378 e. The average Bonchev–Trinajstić information content (AvgIpc) is 2.55. The number of morpholine rings is 1. The van der Waals surface area contributed by atoms with Gasteiger partial charge in [-0.1, -0.05) is 0 Å². The van der Waals surface area contributed by atoms with E-state index in [1.54, 1.807) is 0 Å². The molecule has 0 N–H and O–H groups in total. The molecule has 6 heteroatoms. The zero-order chi connectivity index (χ0) is 15.7. The number of hydrogen-bond donors (Lipinski definition) is 0. The minimum atomic E-state index is 0.300. The van der Waals surface area contributed by atoms with Crippen molar-refractivity contribution in [1.29, 1.82) is 0 Å². The molecule has 1 saturated carbocycles. The van der Waals surface area contributed by atoms with Crippen molar-refractivity contribution in [1.82, 2.24) is 19.8 Å². The summed E-state index contributed by atoms with van der Waals surface area (Å²) in [5.41, 5.74) is 1.52. The van der Waals surface area contributed by atoms with Crippen molar-refractivity contribution in [2.24, 2.45) is 0 Å². The predicted octanol–water partition coefficient (Wildman–Crippen LogP) is 0.983. The van der Waals surface area contributed by atoms with Crippen molar-refractivity contribution in [2.45, 2.75) is 31.3 Å². The molecule has 1 aromatic heterocycles. The molecule has 2 saturated heterocycles. The fraction of sp³-hybridized carbons (Fsp3) is 0.765. The topological polar surface area (TPSA) is 44.7 Å². The van der Waals surface area contributed by atoms with Crippen LogP contribution in [0.25, 0.3) is 0 Å². The monoisotopic (exact) mass is 317 g/mol. The van der Waals surface area contributed by atoms with Crippen LogP contribution in [0.2, 0.25) is 0 Å². The van der Waals surface area contributed by atoms with Gasteiger partial charge in [0, 0.05) is 62.8 Å². The number of aromatic nitrogens is 2. The second-order valence-corrected chi connectivity index (χ2v) is 7.23. The second kappa shape index (κ2) is 6.34. The number of nitrogens with zero attached hydrogens (tertiary/aromatic N) is 5. The molecular weight excluding hydrogens is 290 g/mol. The van der Waals surface area contributed by atoms with Gasteiger partial charge in [0.25, 0.3) is 0 Å². The molecule has 3 aliphatic rings. The predicted molar refractivity (Wildman–Crippen MR) is 89.6 cm³/mol. The Morgan fingerprint density at radius 2 is 1.83 bits per heavy atom. The van der Waals surface area contributed by atoms with E-state index in [4.69, 9.17) is 4.74 Å². The first kappa shape index (κ1) is 15.3. The summed E-state index contributed by atoms with van der Waals surface area (Å²) in [6, 6.07) is 0. The molecule has 1 aliphatic carbocycles. The van der Waals surface area contributed by atoms with Crippen LogP contribution in [0, 0.1) is 0 Å². The highest BCUT2D eigenvalue weighted by Crippen LogP contribution is 2.40. The molecule has 23 heavy (non-hydrogen) atoms. The zero-order valence-electron chi connectivity index (χ0n) is 14.1. The van der Waals surface area contributed by atoms with Gasteiger partial charge in [0.1, 0.15) is 0 Å². The maximum absolute atomic E-state index is 5.72. The summed E-state index contributed by atoms with van der Waals surface area (Å²) < 4.78 is 5.72. The zero-order valence-corrected chi connectivity index (χ0v) is 14.1. The van der Waals surface area contributed by atoms with Crippen molar-refractivity contribution < 1.29 is 4.74 Å². The molecule has 0 aromatic carbocycles. The Balaban J connectivity index is 1.40. The number of likely N-dealkylation sites (N-methyl/N-ethyl adjacent to an activating group) is 1. The Morgan fingerprint density at radius 1 is 1.09 bits per heavy atom. The van der Waals surface area contributed by atoms with Gasteiger partial charge < -0.3 is 14.5 Å². The van der Waals surface area contributed by atoms with Crippen LogP contribution in [0.1, 0.15) is 24.8 Å². The lowest BCUT2D eigenvalue weighted by atomic mass is 9.75. The summed E-state index contributed by atoms with van der Waals surface area (Å²) >= 11 is 0. The van der Waals surface area contributed by atoms with E-state index in [2.05, 4.69) is 31.7 Å². The van der Waals surface area contributed by atoms with Crippen molar-refractivity contribution >= 4 is 5.95 Å². The van der Waals surface area contributed by atoms with Gasteiger partial charge in [-0.05, 0) is 26.3 Å². The van der Waals surface area contributed by atoms with Crippen LogP contribution in [0.15, 0.2) is 12.4 Å². The molecular formula is C17H27N5O. The first-order valence-electron chi connectivity index (χ1n) is 8.82. The van der Waals surface area contributed by atoms with Crippen LogP contribution in [-0.4, -0.2) is 78.3 Å². The van der Waals surface area contributed by atoms with Gasteiger partial charge in [-0.25, -0.2) is 9.97 Å². The smallest absolute Gasteiger partial charge is 0.225 e. The van der Waals surface area contributed by atoms with E-state index in [9.17, 15) is 0 Å². The van der Waals surface area contributed by atoms with Gasteiger partial charge in [0.05, 0.1) is 13.2 Å². The molecule has 1 aromatic rings. The molecule has 1 spiro atoms. The van der Waals surface area contributed by atoms with E-state index in [1.807, 2.05) is 12.4 Å². The lowest BCUT2D eigenvalue weighted by molar-refractivity contribution is -0.111.